The van der Waals surface area contributed by atoms with Crippen molar-refractivity contribution < 1.29 is 19.4 Å². The van der Waals surface area contributed by atoms with Crippen molar-refractivity contribution in [2.24, 2.45) is 0 Å². The second-order valence-corrected chi connectivity index (χ2v) is 6.73. The first kappa shape index (κ1) is 23.5. The van der Waals surface area contributed by atoms with E-state index in [2.05, 4.69) is 6.08 Å². The number of carboxylic acid groups (broad SMARTS) is 1. The molecule has 0 atom stereocenters. The lowest BCUT2D eigenvalue weighted by atomic mass is 9.96. The molecule has 154 valence electrons. The van der Waals surface area contributed by atoms with E-state index in [0.29, 0.717) is 17.7 Å². The van der Waals surface area contributed by atoms with Crippen LogP contribution in [0.2, 0.25) is 0 Å². The number of likely N-dealkylation sites (N-methyl/N-ethyl adjacent to an activating group) is 1. The number of carbonyl (C=O) groups is 2. The van der Waals surface area contributed by atoms with Gasteiger partial charge in [-0.15, -0.1) is 0 Å². The quantitative estimate of drug-likeness (QED) is 0.502. The fourth-order valence-corrected chi connectivity index (χ4v) is 2.97. The molecule has 28 heavy (non-hydrogen) atoms. The van der Waals surface area contributed by atoms with Crippen LogP contribution in [0.25, 0.3) is 0 Å². The highest BCUT2D eigenvalue weighted by Crippen LogP contribution is 2.29. The number of carboxylic acids is 1. The SMILES string of the molecule is CC.Cc1ccc(C(=O)C2=C(N(C)C)C=CCCC2)c(OCCCC(=O)O)c1. The van der Waals surface area contributed by atoms with E-state index in [1.165, 1.54) is 0 Å². The number of carbonyl (C=O) groups excluding carboxylic acids is 1. The van der Waals surface area contributed by atoms with Crippen molar-refractivity contribution in [2.45, 2.75) is 52.9 Å². The molecule has 0 aliphatic heterocycles. The zero-order chi connectivity index (χ0) is 21.1. The number of allylic oxidation sites excluding steroid dienone is 3. The highest BCUT2D eigenvalue weighted by molar-refractivity contribution is 6.11. The first-order valence-electron chi connectivity index (χ1n) is 9.97. The summed E-state index contributed by atoms with van der Waals surface area (Å²) < 4.78 is 5.77. The van der Waals surface area contributed by atoms with Crippen molar-refractivity contribution in [2.75, 3.05) is 20.7 Å². The number of ether oxygens (including phenoxy) is 1. The van der Waals surface area contributed by atoms with Gasteiger partial charge < -0.3 is 14.7 Å². The van der Waals surface area contributed by atoms with Crippen LogP contribution in [0.15, 0.2) is 41.6 Å². The van der Waals surface area contributed by atoms with Crippen LogP contribution in [0, 0.1) is 6.92 Å². The minimum atomic E-state index is -0.847. The van der Waals surface area contributed by atoms with Crippen molar-refractivity contribution in [3.63, 3.8) is 0 Å². The lowest BCUT2D eigenvalue weighted by molar-refractivity contribution is -0.137. The third kappa shape index (κ3) is 6.87. The first-order valence-corrected chi connectivity index (χ1v) is 9.97. The van der Waals surface area contributed by atoms with Crippen LogP contribution in [-0.2, 0) is 4.79 Å². The molecule has 0 radical (unpaired) electrons. The number of rotatable bonds is 8. The molecule has 0 saturated carbocycles. The van der Waals surface area contributed by atoms with E-state index in [0.717, 1.165) is 36.1 Å². The van der Waals surface area contributed by atoms with Gasteiger partial charge >= 0.3 is 5.97 Å². The second kappa shape index (κ2) is 12.0. The van der Waals surface area contributed by atoms with E-state index in [-0.39, 0.29) is 18.8 Å². The fraction of sp³-hybridized carbons (Fsp3) is 0.478. The highest BCUT2D eigenvalue weighted by atomic mass is 16.5. The lowest BCUT2D eigenvalue weighted by Gasteiger charge is -2.19. The van der Waals surface area contributed by atoms with Gasteiger partial charge in [-0.05, 0) is 56.4 Å². The molecule has 1 aromatic carbocycles. The summed E-state index contributed by atoms with van der Waals surface area (Å²) in [5.41, 5.74) is 3.26. The Balaban J connectivity index is 0.00000190. The summed E-state index contributed by atoms with van der Waals surface area (Å²) in [6.07, 6.45) is 7.21. The number of benzene rings is 1. The van der Waals surface area contributed by atoms with Gasteiger partial charge in [0.05, 0.1) is 12.2 Å². The number of nitrogens with zero attached hydrogens (tertiary/aromatic N) is 1. The Hall–Kier alpha value is -2.56. The van der Waals surface area contributed by atoms with E-state index in [9.17, 15) is 9.59 Å². The van der Waals surface area contributed by atoms with Crippen molar-refractivity contribution in [1.29, 1.82) is 0 Å². The highest BCUT2D eigenvalue weighted by Gasteiger charge is 2.22. The Bertz CT molecular complexity index is 732. The Morgan fingerprint density at radius 1 is 1.21 bits per heavy atom. The largest absolute Gasteiger partial charge is 0.493 e. The monoisotopic (exact) mass is 387 g/mol. The van der Waals surface area contributed by atoms with E-state index in [4.69, 9.17) is 9.84 Å². The molecule has 1 N–H and O–H groups in total. The van der Waals surface area contributed by atoms with Gasteiger partial charge in [0, 0.05) is 31.8 Å². The molecule has 0 unspecified atom stereocenters. The minimum Gasteiger partial charge on any atom is -0.493 e. The summed E-state index contributed by atoms with van der Waals surface area (Å²) in [5.74, 6) is -0.340. The Morgan fingerprint density at radius 3 is 2.57 bits per heavy atom. The van der Waals surface area contributed by atoms with Crippen LogP contribution in [0.1, 0.15) is 61.9 Å². The standard InChI is InChI=1S/C21H27NO4.C2H6/c1-15-11-12-17(19(14-15)26-13-7-10-20(23)24)21(25)16-8-5-4-6-9-18(16)22(2)3;1-2/h6,9,11-12,14H,4-5,7-8,10,13H2,1-3H3,(H,23,24);1-2H3. The molecule has 0 saturated heterocycles. The maximum absolute atomic E-state index is 13.2. The van der Waals surface area contributed by atoms with Crippen molar-refractivity contribution >= 4 is 11.8 Å². The number of aryl methyl sites for hydroxylation is 1. The second-order valence-electron chi connectivity index (χ2n) is 6.73. The van der Waals surface area contributed by atoms with Crippen molar-refractivity contribution in [1.82, 2.24) is 4.90 Å². The Kier molecular flexibility index (Phi) is 10.1. The predicted octanol–water partition coefficient (Wildman–Crippen LogP) is 5.00. The third-order valence-electron chi connectivity index (χ3n) is 4.31. The first-order chi connectivity index (χ1) is 13.4. The molecule has 1 aliphatic carbocycles. The maximum atomic E-state index is 13.2. The van der Waals surface area contributed by atoms with Gasteiger partial charge in [-0.2, -0.15) is 0 Å². The van der Waals surface area contributed by atoms with Crippen LogP contribution >= 0.6 is 0 Å². The number of Topliss-reactive ketones (excluding diaryl/α,β-unsaturated/α-hetero) is 1. The van der Waals surface area contributed by atoms with Crippen LogP contribution in [0.3, 0.4) is 0 Å². The minimum absolute atomic E-state index is 0.0199. The Labute approximate surface area is 168 Å². The van der Waals surface area contributed by atoms with Crippen LogP contribution < -0.4 is 4.74 Å². The summed E-state index contributed by atoms with van der Waals surface area (Å²) >= 11 is 0. The molecule has 5 heteroatoms. The van der Waals surface area contributed by atoms with Gasteiger partial charge in [-0.25, -0.2) is 0 Å². The average Bonchev–Trinajstić information content (AvgIpc) is 2.92. The van der Waals surface area contributed by atoms with Crippen LogP contribution in [0.4, 0.5) is 0 Å². The van der Waals surface area contributed by atoms with E-state index >= 15 is 0 Å². The van der Waals surface area contributed by atoms with Gasteiger partial charge in [0.15, 0.2) is 5.78 Å². The summed E-state index contributed by atoms with van der Waals surface area (Å²) in [4.78, 5) is 25.9. The number of hydrogen-bond donors (Lipinski definition) is 1. The average molecular weight is 388 g/mol. The van der Waals surface area contributed by atoms with E-state index < -0.39 is 5.97 Å². The van der Waals surface area contributed by atoms with Crippen LogP contribution in [-0.4, -0.2) is 42.5 Å². The zero-order valence-electron chi connectivity index (χ0n) is 17.7. The molecular formula is C23H33NO4. The molecule has 1 aliphatic rings. The molecule has 0 bridgehead atoms. The molecule has 0 aromatic heterocycles. The Morgan fingerprint density at radius 2 is 1.93 bits per heavy atom. The molecule has 0 heterocycles. The normalized spacial score (nSPS) is 13.3. The van der Waals surface area contributed by atoms with Crippen molar-refractivity contribution in [3.8, 4) is 5.75 Å². The predicted molar refractivity (Wildman–Crippen MR) is 113 cm³/mol. The lowest BCUT2D eigenvalue weighted by Crippen LogP contribution is -2.17. The third-order valence-corrected chi connectivity index (χ3v) is 4.31. The summed E-state index contributed by atoms with van der Waals surface area (Å²) in [6.45, 7) is 6.22. The number of ketones is 1. The zero-order valence-corrected chi connectivity index (χ0v) is 17.7. The molecule has 0 fully saturated rings. The summed E-state index contributed by atoms with van der Waals surface area (Å²) in [7, 11) is 3.88. The van der Waals surface area contributed by atoms with Gasteiger partial charge in [0.25, 0.3) is 0 Å². The molecule has 5 nitrogen and oxygen atoms in total. The molecule has 0 amide bonds. The van der Waals surface area contributed by atoms with Gasteiger partial charge in [0.2, 0.25) is 0 Å². The van der Waals surface area contributed by atoms with E-state index in [1.807, 2.05) is 58.0 Å². The van der Waals surface area contributed by atoms with Gasteiger partial charge in [0.1, 0.15) is 5.75 Å². The smallest absolute Gasteiger partial charge is 0.303 e. The van der Waals surface area contributed by atoms with Gasteiger partial charge in [-0.3, -0.25) is 9.59 Å². The number of hydrogen-bond acceptors (Lipinski definition) is 4. The number of aliphatic carboxylic acids is 1. The maximum Gasteiger partial charge on any atom is 0.303 e. The van der Waals surface area contributed by atoms with Crippen molar-refractivity contribution in [3.05, 3.63) is 52.7 Å². The van der Waals surface area contributed by atoms with Crippen LogP contribution in [0.5, 0.6) is 5.75 Å². The molecule has 1 aromatic rings. The summed E-state index contributed by atoms with van der Waals surface area (Å²) in [5, 5.41) is 8.75. The summed E-state index contributed by atoms with van der Waals surface area (Å²) in [6, 6.07) is 5.55. The van der Waals surface area contributed by atoms with Gasteiger partial charge in [-0.1, -0.05) is 26.0 Å². The molecule has 2 rings (SSSR count). The molecule has 0 spiro atoms. The topological polar surface area (TPSA) is 66.8 Å². The molecular weight excluding hydrogens is 354 g/mol. The van der Waals surface area contributed by atoms with E-state index in [1.54, 1.807) is 6.07 Å². The fourth-order valence-electron chi connectivity index (χ4n) is 2.97.